The van der Waals surface area contributed by atoms with Gasteiger partial charge in [0.15, 0.2) is 11.9 Å². The highest BCUT2D eigenvalue weighted by Crippen LogP contribution is 2.36. The Balaban J connectivity index is 2.38. The van der Waals surface area contributed by atoms with Crippen LogP contribution >= 0.6 is 0 Å². The molecule has 6 nitrogen and oxygen atoms in total. The Hall–Kier alpha value is -2.37. The third kappa shape index (κ3) is 4.18. The van der Waals surface area contributed by atoms with Crippen molar-refractivity contribution in [2.75, 3.05) is 18.1 Å². The number of carbonyl (C=O) groups is 3. The van der Waals surface area contributed by atoms with Gasteiger partial charge in [0.25, 0.3) is 5.91 Å². The average molecular weight is 347 g/mol. The lowest BCUT2D eigenvalue weighted by Crippen LogP contribution is -2.50. The minimum atomic E-state index is -0.667. The summed E-state index contributed by atoms with van der Waals surface area (Å²) in [6.45, 7) is 7.57. The molecule has 0 saturated heterocycles. The number of ketones is 1. The summed E-state index contributed by atoms with van der Waals surface area (Å²) in [6.07, 6.45) is 0.406. The van der Waals surface area contributed by atoms with Crippen LogP contribution in [0.4, 0.5) is 5.69 Å². The minimum Gasteiger partial charge on any atom is -0.478 e. The molecule has 1 aliphatic rings. The molecule has 136 valence electrons. The maximum Gasteiger partial charge on any atom is 0.326 e. The van der Waals surface area contributed by atoms with Crippen molar-refractivity contribution in [3.63, 3.8) is 0 Å². The summed E-state index contributed by atoms with van der Waals surface area (Å²) in [7, 11) is 0. The molecule has 0 bridgehead atoms. The molecule has 6 heteroatoms. The first kappa shape index (κ1) is 19.0. The second kappa shape index (κ2) is 8.14. The molecular weight excluding hydrogens is 322 g/mol. The van der Waals surface area contributed by atoms with Crippen molar-refractivity contribution in [3.05, 3.63) is 23.8 Å². The van der Waals surface area contributed by atoms with Crippen molar-refractivity contribution < 1.29 is 23.9 Å². The number of carbonyl (C=O) groups excluding carboxylic acids is 3. The fourth-order valence-corrected chi connectivity index (χ4v) is 2.64. The Labute approximate surface area is 148 Å². The Morgan fingerprint density at radius 1 is 1.28 bits per heavy atom. The summed E-state index contributed by atoms with van der Waals surface area (Å²) in [5.74, 6) is -0.356. The van der Waals surface area contributed by atoms with Crippen LogP contribution in [0.25, 0.3) is 0 Å². The first-order valence-electron chi connectivity index (χ1n) is 8.69. The predicted molar refractivity (Wildman–Crippen MR) is 93.9 cm³/mol. The van der Waals surface area contributed by atoms with Crippen molar-refractivity contribution in [1.82, 2.24) is 0 Å². The lowest BCUT2D eigenvalue weighted by atomic mass is 10.0. The van der Waals surface area contributed by atoms with Crippen LogP contribution in [0.5, 0.6) is 5.75 Å². The van der Waals surface area contributed by atoms with E-state index in [2.05, 4.69) is 0 Å². The summed E-state index contributed by atoms with van der Waals surface area (Å²) < 4.78 is 10.9. The van der Waals surface area contributed by atoms with E-state index in [1.54, 1.807) is 25.1 Å². The number of amides is 1. The molecule has 1 unspecified atom stereocenters. The van der Waals surface area contributed by atoms with Crippen LogP contribution in [-0.4, -0.2) is 36.9 Å². The number of Topliss-reactive ketones (excluding diaryl/α,β-unsaturated/α-hetero) is 1. The van der Waals surface area contributed by atoms with E-state index < -0.39 is 12.1 Å². The van der Waals surface area contributed by atoms with Crippen molar-refractivity contribution in [2.24, 2.45) is 5.92 Å². The van der Waals surface area contributed by atoms with E-state index in [1.165, 1.54) is 4.90 Å². The topological polar surface area (TPSA) is 72.9 Å². The lowest BCUT2D eigenvalue weighted by Gasteiger charge is -2.35. The Bertz CT molecular complexity index is 668. The van der Waals surface area contributed by atoms with Gasteiger partial charge in [-0.3, -0.25) is 19.3 Å². The smallest absolute Gasteiger partial charge is 0.326 e. The van der Waals surface area contributed by atoms with Crippen molar-refractivity contribution in [1.29, 1.82) is 0 Å². The zero-order valence-corrected chi connectivity index (χ0v) is 15.2. The number of fused-ring (bicyclic) bond motifs is 1. The minimum absolute atomic E-state index is 0.0326. The van der Waals surface area contributed by atoms with Crippen molar-refractivity contribution >= 4 is 23.3 Å². The molecular formula is C19H25NO5. The van der Waals surface area contributed by atoms with Crippen LogP contribution in [0, 0.1) is 5.92 Å². The van der Waals surface area contributed by atoms with Gasteiger partial charge < -0.3 is 9.47 Å². The zero-order chi connectivity index (χ0) is 18.6. The molecule has 0 spiro atoms. The van der Waals surface area contributed by atoms with E-state index in [0.29, 0.717) is 36.4 Å². The summed E-state index contributed by atoms with van der Waals surface area (Å²) in [4.78, 5) is 38.2. The highest BCUT2D eigenvalue weighted by Gasteiger charge is 2.37. The van der Waals surface area contributed by atoms with E-state index in [-0.39, 0.29) is 24.2 Å². The molecule has 1 aromatic rings. The normalized spacial score (nSPS) is 16.4. The van der Waals surface area contributed by atoms with Crippen LogP contribution in [0.3, 0.4) is 0 Å². The summed E-state index contributed by atoms with van der Waals surface area (Å²) in [5, 5.41) is 0. The SMILES string of the molecule is CCCOC(=O)CN1C(=O)C(C(C)C)Oc2ccc(C(=O)CC)cc21. The maximum atomic E-state index is 12.8. The second-order valence-corrected chi connectivity index (χ2v) is 6.39. The highest BCUT2D eigenvalue weighted by molar-refractivity contribution is 6.05. The molecule has 1 aromatic carbocycles. The average Bonchev–Trinajstić information content (AvgIpc) is 2.60. The monoisotopic (exact) mass is 347 g/mol. The van der Waals surface area contributed by atoms with Crippen LogP contribution in [0.15, 0.2) is 18.2 Å². The van der Waals surface area contributed by atoms with Crippen LogP contribution in [-0.2, 0) is 14.3 Å². The molecule has 1 heterocycles. The molecule has 1 amide bonds. The standard InChI is InChI=1S/C19H25NO5/c1-5-9-24-17(22)11-20-14-10-13(15(21)6-2)7-8-16(14)25-18(12(3)4)19(20)23/h7-8,10,12,18H,5-6,9,11H2,1-4H3. The molecule has 1 aliphatic heterocycles. The number of nitrogens with zero attached hydrogens (tertiary/aromatic N) is 1. The third-order valence-corrected chi connectivity index (χ3v) is 4.02. The zero-order valence-electron chi connectivity index (χ0n) is 15.2. The van der Waals surface area contributed by atoms with Gasteiger partial charge in [0.2, 0.25) is 0 Å². The number of esters is 1. The van der Waals surface area contributed by atoms with Crippen LogP contribution < -0.4 is 9.64 Å². The highest BCUT2D eigenvalue weighted by atomic mass is 16.5. The van der Waals surface area contributed by atoms with Gasteiger partial charge in [-0.25, -0.2) is 0 Å². The van der Waals surface area contributed by atoms with E-state index in [4.69, 9.17) is 9.47 Å². The molecule has 0 N–H and O–H groups in total. The second-order valence-electron chi connectivity index (χ2n) is 6.39. The Morgan fingerprint density at radius 2 is 2.00 bits per heavy atom. The molecule has 0 radical (unpaired) electrons. The number of benzene rings is 1. The van der Waals surface area contributed by atoms with Gasteiger partial charge in [-0.15, -0.1) is 0 Å². The van der Waals surface area contributed by atoms with Gasteiger partial charge >= 0.3 is 5.97 Å². The van der Waals surface area contributed by atoms with Gasteiger partial charge in [0.05, 0.1) is 12.3 Å². The number of hydrogen-bond acceptors (Lipinski definition) is 5. The van der Waals surface area contributed by atoms with Gasteiger partial charge in [-0.2, -0.15) is 0 Å². The van der Waals surface area contributed by atoms with Crippen molar-refractivity contribution in [2.45, 2.75) is 46.6 Å². The predicted octanol–water partition coefficient (Wildman–Crippen LogP) is 2.98. The van der Waals surface area contributed by atoms with E-state index in [1.807, 2.05) is 20.8 Å². The first-order valence-corrected chi connectivity index (χ1v) is 8.69. The van der Waals surface area contributed by atoms with E-state index in [9.17, 15) is 14.4 Å². The fourth-order valence-electron chi connectivity index (χ4n) is 2.64. The molecule has 0 saturated carbocycles. The van der Waals surface area contributed by atoms with Crippen molar-refractivity contribution in [3.8, 4) is 5.75 Å². The molecule has 0 aromatic heterocycles. The quantitative estimate of drug-likeness (QED) is 0.560. The van der Waals surface area contributed by atoms with Gasteiger partial charge in [-0.05, 0) is 30.5 Å². The van der Waals surface area contributed by atoms with E-state index >= 15 is 0 Å². The Morgan fingerprint density at radius 3 is 2.60 bits per heavy atom. The van der Waals surface area contributed by atoms with Gasteiger partial charge in [0, 0.05) is 12.0 Å². The largest absolute Gasteiger partial charge is 0.478 e. The summed E-state index contributed by atoms with van der Waals surface area (Å²) >= 11 is 0. The molecule has 0 fully saturated rings. The summed E-state index contributed by atoms with van der Waals surface area (Å²) in [5.41, 5.74) is 0.933. The third-order valence-electron chi connectivity index (χ3n) is 4.02. The number of hydrogen-bond donors (Lipinski definition) is 0. The van der Waals surface area contributed by atoms with Gasteiger partial charge in [-0.1, -0.05) is 27.7 Å². The lowest BCUT2D eigenvalue weighted by molar-refractivity contribution is -0.143. The summed E-state index contributed by atoms with van der Waals surface area (Å²) in [6, 6.07) is 4.98. The molecule has 1 atom stereocenters. The van der Waals surface area contributed by atoms with Gasteiger partial charge in [0.1, 0.15) is 12.3 Å². The van der Waals surface area contributed by atoms with Crippen LogP contribution in [0.1, 0.15) is 50.9 Å². The first-order chi connectivity index (χ1) is 11.9. The number of ether oxygens (including phenoxy) is 2. The maximum absolute atomic E-state index is 12.8. The molecule has 0 aliphatic carbocycles. The van der Waals surface area contributed by atoms with E-state index in [0.717, 1.165) is 0 Å². The number of anilines is 1. The Kier molecular flexibility index (Phi) is 6.17. The molecule has 2 rings (SSSR count). The number of rotatable bonds is 7. The fraction of sp³-hybridized carbons (Fsp3) is 0.526. The van der Waals surface area contributed by atoms with Crippen LogP contribution in [0.2, 0.25) is 0 Å². The molecule has 25 heavy (non-hydrogen) atoms.